The lowest BCUT2D eigenvalue weighted by atomic mass is 9.92. The molecule has 18 heavy (non-hydrogen) atoms. The lowest BCUT2D eigenvalue weighted by Gasteiger charge is -2.23. The monoisotopic (exact) mass is 245 g/mol. The second kappa shape index (κ2) is 5.05. The van der Waals surface area contributed by atoms with Crippen LogP contribution in [0.3, 0.4) is 0 Å². The molecule has 0 saturated heterocycles. The minimum Gasteiger partial charge on any atom is -0.310 e. The van der Waals surface area contributed by atoms with Gasteiger partial charge in [0.05, 0.1) is 0 Å². The average Bonchev–Trinajstić information content (AvgIpc) is 2.93. The molecule has 1 aromatic carbocycles. The zero-order valence-corrected chi connectivity index (χ0v) is 12.5. The van der Waals surface area contributed by atoms with Gasteiger partial charge in [-0.05, 0) is 55.7 Å². The third kappa shape index (κ3) is 2.77. The molecule has 2 atom stereocenters. The lowest BCUT2D eigenvalue weighted by Crippen LogP contribution is -2.26. The predicted octanol–water partition coefficient (Wildman–Crippen LogP) is 4.39. The summed E-state index contributed by atoms with van der Waals surface area (Å²) in [4.78, 5) is 0. The van der Waals surface area contributed by atoms with Crippen LogP contribution in [0.1, 0.15) is 56.3 Å². The molecule has 1 heteroatoms. The van der Waals surface area contributed by atoms with Crippen LogP contribution in [0, 0.1) is 25.2 Å². The Bertz CT molecular complexity index is 420. The van der Waals surface area contributed by atoms with E-state index >= 15 is 0 Å². The Morgan fingerprint density at radius 2 is 2.00 bits per heavy atom. The molecule has 0 aliphatic heterocycles. The van der Waals surface area contributed by atoms with E-state index in [1.807, 2.05) is 0 Å². The van der Waals surface area contributed by atoms with Crippen molar-refractivity contribution in [2.75, 3.05) is 6.54 Å². The molecule has 0 heterocycles. The third-order valence-electron chi connectivity index (χ3n) is 4.38. The molecule has 1 aliphatic carbocycles. The normalized spacial score (nSPS) is 22.8. The highest BCUT2D eigenvalue weighted by Gasteiger charge is 2.50. The summed E-state index contributed by atoms with van der Waals surface area (Å²) in [6.45, 7) is 12.6. The summed E-state index contributed by atoms with van der Waals surface area (Å²) in [5.41, 5.74) is 4.83. The van der Waals surface area contributed by atoms with Gasteiger partial charge in [0.15, 0.2) is 0 Å². The van der Waals surface area contributed by atoms with Crippen molar-refractivity contribution < 1.29 is 0 Å². The van der Waals surface area contributed by atoms with Crippen molar-refractivity contribution in [3.8, 4) is 0 Å². The fraction of sp³-hybridized carbons (Fsp3) is 0.647. The van der Waals surface area contributed by atoms with Gasteiger partial charge in [-0.1, -0.05) is 44.5 Å². The molecule has 1 saturated carbocycles. The Balaban J connectivity index is 2.25. The Kier molecular flexibility index (Phi) is 3.82. The minimum absolute atomic E-state index is 0.515. The van der Waals surface area contributed by atoms with Gasteiger partial charge >= 0.3 is 0 Å². The number of rotatable bonds is 5. The Morgan fingerprint density at radius 1 is 1.33 bits per heavy atom. The summed E-state index contributed by atoms with van der Waals surface area (Å²) in [7, 11) is 0. The quantitative estimate of drug-likeness (QED) is 0.811. The van der Waals surface area contributed by atoms with Gasteiger partial charge in [0, 0.05) is 6.04 Å². The van der Waals surface area contributed by atoms with Gasteiger partial charge in [0.25, 0.3) is 0 Å². The topological polar surface area (TPSA) is 12.0 Å². The van der Waals surface area contributed by atoms with E-state index in [9.17, 15) is 0 Å². The molecule has 1 nitrogen and oxygen atoms in total. The van der Waals surface area contributed by atoms with Crippen molar-refractivity contribution in [3.63, 3.8) is 0 Å². The zero-order valence-electron chi connectivity index (χ0n) is 12.5. The molecule has 1 N–H and O–H groups in total. The number of nitrogens with one attached hydrogen (secondary N) is 1. The van der Waals surface area contributed by atoms with Gasteiger partial charge in [-0.25, -0.2) is 0 Å². The van der Waals surface area contributed by atoms with Crippen LogP contribution < -0.4 is 5.32 Å². The molecule has 0 aromatic heterocycles. The Labute approximate surface area is 112 Å². The van der Waals surface area contributed by atoms with Crippen LogP contribution in [-0.4, -0.2) is 6.54 Å². The SMILES string of the molecule is CCCNC(c1cc(C)ccc1C)C1CC1(C)C. The predicted molar refractivity (Wildman–Crippen MR) is 78.8 cm³/mol. The molecule has 2 rings (SSSR count). The van der Waals surface area contributed by atoms with E-state index in [2.05, 4.69) is 58.1 Å². The number of benzene rings is 1. The first-order valence-electron chi connectivity index (χ1n) is 7.26. The Morgan fingerprint density at radius 3 is 2.56 bits per heavy atom. The fourth-order valence-corrected chi connectivity index (χ4v) is 2.94. The Hall–Kier alpha value is -0.820. The first-order chi connectivity index (χ1) is 8.45. The smallest absolute Gasteiger partial charge is 0.0356 e. The maximum Gasteiger partial charge on any atom is 0.0356 e. The summed E-state index contributed by atoms with van der Waals surface area (Å²) in [6.07, 6.45) is 2.55. The first-order valence-corrected chi connectivity index (χ1v) is 7.26. The van der Waals surface area contributed by atoms with Gasteiger partial charge in [0.1, 0.15) is 0 Å². The maximum absolute atomic E-state index is 3.77. The minimum atomic E-state index is 0.515. The largest absolute Gasteiger partial charge is 0.310 e. The second-order valence-electron chi connectivity index (χ2n) is 6.59. The van der Waals surface area contributed by atoms with E-state index in [1.165, 1.54) is 29.5 Å². The van der Waals surface area contributed by atoms with Crippen molar-refractivity contribution in [2.24, 2.45) is 11.3 Å². The van der Waals surface area contributed by atoms with E-state index < -0.39 is 0 Å². The van der Waals surface area contributed by atoms with E-state index in [1.54, 1.807) is 0 Å². The van der Waals surface area contributed by atoms with Gasteiger partial charge < -0.3 is 5.32 Å². The van der Waals surface area contributed by atoms with Crippen LogP contribution >= 0.6 is 0 Å². The summed E-state index contributed by atoms with van der Waals surface area (Å²) in [5, 5.41) is 3.77. The average molecular weight is 245 g/mol. The van der Waals surface area contributed by atoms with Crippen molar-refractivity contribution >= 4 is 0 Å². The summed E-state index contributed by atoms with van der Waals surface area (Å²) in [5.74, 6) is 0.796. The summed E-state index contributed by atoms with van der Waals surface area (Å²) in [6, 6.07) is 7.39. The van der Waals surface area contributed by atoms with Crippen LogP contribution in [0.15, 0.2) is 18.2 Å². The van der Waals surface area contributed by atoms with Gasteiger partial charge in [-0.2, -0.15) is 0 Å². The molecule has 1 aliphatic rings. The lowest BCUT2D eigenvalue weighted by molar-refractivity contribution is 0.414. The molecular weight excluding hydrogens is 218 g/mol. The maximum atomic E-state index is 3.77. The first kappa shape index (κ1) is 13.6. The summed E-state index contributed by atoms with van der Waals surface area (Å²) < 4.78 is 0. The highest BCUT2D eigenvalue weighted by molar-refractivity contribution is 5.34. The van der Waals surface area contributed by atoms with Gasteiger partial charge in [-0.3, -0.25) is 0 Å². The van der Waals surface area contributed by atoms with Crippen LogP contribution in [0.5, 0.6) is 0 Å². The molecule has 100 valence electrons. The molecule has 0 bridgehead atoms. The van der Waals surface area contributed by atoms with Crippen LogP contribution in [0.25, 0.3) is 0 Å². The number of aryl methyl sites for hydroxylation is 2. The molecule has 0 radical (unpaired) electrons. The second-order valence-corrected chi connectivity index (χ2v) is 6.59. The van der Waals surface area contributed by atoms with Crippen LogP contribution in [0.2, 0.25) is 0 Å². The van der Waals surface area contributed by atoms with Crippen LogP contribution in [0.4, 0.5) is 0 Å². The highest BCUT2D eigenvalue weighted by atomic mass is 14.9. The fourth-order valence-electron chi connectivity index (χ4n) is 2.94. The van der Waals surface area contributed by atoms with Crippen molar-refractivity contribution in [1.29, 1.82) is 0 Å². The molecular formula is C17H27N. The molecule has 1 aromatic rings. The van der Waals surface area contributed by atoms with Crippen LogP contribution in [-0.2, 0) is 0 Å². The standard InChI is InChI=1S/C17H27N/c1-6-9-18-16(15-11-17(15,4)5)14-10-12(2)7-8-13(14)3/h7-8,10,15-16,18H,6,9,11H2,1-5H3. The van der Waals surface area contributed by atoms with Gasteiger partial charge in [0.2, 0.25) is 0 Å². The number of hydrogen-bond donors (Lipinski definition) is 1. The van der Waals surface area contributed by atoms with E-state index in [0.29, 0.717) is 11.5 Å². The van der Waals surface area contributed by atoms with Crippen molar-refractivity contribution in [3.05, 3.63) is 34.9 Å². The van der Waals surface area contributed by atoms with Crippen molar-refractivity contribution in [2.45, 2.75) is 53.5 Å². The van der Waals surface area contributed by atoms with Crippen molar-refractivity contribution in [1.82, 2.24) is 5.32 Å². The molecule has 0 amide bonds. The number of hydrogen-bond acceptors (Lipinski definition) is 1. The van der Waals surface area contributed by atoms with Gasteiger partial charge in [-0.15, -0.1) is 0 Å². The van der Waals surface area contributed by atoms with E-state index in [4.69, 9.17) is 0 Å². The highest BCUT2D eigenvalue weighted by Crippen LogP contribution is 2.58. The molecule has 0 spiro atoms. The molecule has 1 fully saturated rings. The van der Waals surface area contributed by atoms with E-state index in [-0.39, 0.29) is 0 Å². The molecule has 2 unspecified atom stereocenters. The third-order valence-corrected chi connectivity index (χ3v) is 4.38. The zero-order chi connectivity index (χ0) is 13.3. The van der Waals surface area contributed by atoms with E-state index in [0.717, 1.165) is 12.5 Å². The summed E-state index contributed by atoms with van der Waals surface area (Å²) >= 11 is 0.